The molecule has 1 N–H and O–H groups in total. The maximum absolute atomic E-state index is 12.4. The van der Waals surface area contributed by atoms with E-state index in [0.29, 0.717) is 13.0 Å². The first-order valence-corrected chi connectivity index (χ1v) is 11.5. The van der Waals surface area contributed by atoms with Crippen molar-refractivity contribution in [3.05, 3.63) is 12.2 Å². The molecular weight excluding hydrogens is 400 g/mol. The molecule has 0 aromatic rings. The molecule has 4 aliphatic carbocycles. The lowest BCUT2D eigenvalue weighted by Crippen LogP contribution is -2.83. The van der Waals surface area contributed by atoms with Gasteiger partial charge >= 0.3 is 11.9 Å². The monoisotopic (exact) mass is 432 g/mol. The second-order valence-corrected chi connectivity index (χ2v) is 11.5. The number of epoxide rings is 1. The zero-order valence-electron chi connectivity index (χ0n) is 18.7. The van der Waals surface area contributed by atoms with Crippen LogP contribution in [0.1, 0.15) is 53.4 Å². The van der Waals surface area contributed by atoms with E-state index in [0.717, 1.165) is 24.8 Å². The van der Waals surface area contributed by atoms with Crippen LogP contribution in [0, 0.1) is 34.0 Å². The second kappa shape index (κ2) is 5.72. The van der Waals surface area contributed by atoms with E-state index < -0.39 is 35.3 Å². The fourth-order valence-corrected chi connectivity index (χ4v) is 9.06. The summed E-state index contributed by atoms with van der Waals surface area (Å²) in [5, 5.41) is 12.4. The summed E-state index contributed by atoms with van der Waals surface area (Å²) >= 11 is 0. The number of fused-ring (bicyclic) bond motifs is 4. The number of ether oxygens (including phenoxy) is 4. The maximum atomic E-state index is 12.4. The van der Waals surface area contributed by atoms with Gasteiger partial charge in [-0.3, -0.25) is 9.59 Å². The van der Waals surface area contributed by atoms with Crippen molar-refractivity contribution in [3.63, 3.8) is 0 Å². The van der Waals surface area contributed by atoms with Crippen molar-refractivity contribution in [2.24, 2.45) is 34.0 Å². The Morgan fingerprint density at radius 1 is 1.10 bits per heavy atom. The van der Waals surface area contributed by atoms with Gasteiger partial charge in [-0.2, -0.15) is 0 Å². The molecule has 7 aliphatic rings. The van der Waals surface area contributed by atoms with Gasteiger partial charge in [-0.15, -0.1) is 0 Å². The standard InChI is InChI=1S/C24H32O7/c1-11-14-9-23(19(11)29-12(2)25)17(16-15(14)31-16)22-8-6-7-21(4,5)18(22)20(30-13(3)26)24(23,27)28-10-22/h14-20,27H,1,6-10H2,2-5H3/t14-,15-,16-,17+,18-,19-,20+,22-,23+,24-/m0/s1. The molecule has 0 radical (unpaired) electrons. The van der Waals surface area contributed by atoms with Crippen molar-refractivity contribution >= 4 is 11.9 Å². The Morgan fingerprint density at radius 3 is 2.48 bits per heavy atom. The maximum Gasteiger partial charge on any atom is 0.303 e. The molecule has 3 saturated heterocycles. The molecule has 2 spiro atoms. The molecule has 0 amide bonds. The Bertz CT molecular complexity index is 896. The third-order valence-electron chi connectivity index (χ3n) is 9.72. The third-order valence-corrected chi connectivity index (χ3v) is 9.72. The molecular formula is C24H32O7. The predicted octanol–water partition coefficient (Wildman–Crippen LogP) is 2.35. The summed E-state index contributed by atoms with van der Waals surface area (Å²) in [5.41, 5.74) is -0.606. The normalized spacial score (nSPS) is 55.0. The van der Waals surface area contributed by atoms with Crippen LogP contribution in [0.15, 0.2) is 12.2 Å². The molecule has 3 heterocycles. The Kier molecular flexibility index (Phi) is 3.73. The molecule has 170 valence electrons. The van der Waals surface area contributed by atoms with Gasteiger partial charge in [0.2, 0.25) is 5.79 Å². The number of rotatable bonds is 2. The van der Waals surface area contributed by atoms with Gasteiger partial charge < -0.3 is 24.1 Å². The lowest BCUT2D eigenvalue weighted by atomic mass is 9.36. The summed E-state index contributed by atoms with van der Waals surface area (Å²) in [6, 6.07) is 0. The SMILES string of the molecule is C=C1[C@@H]2C[C@@]3([C@H]([C@H]4O[C@H]42)[C@@]24CCCC(C)(C)[C@@H]2[C@@H](OC(C)=O)[C@]3(O)OC4)[C@H]1OC(C)=O. The zero-order valence-corrected chi connectivity index (χ0v) is 18.7. The first-order chi connectivity index (χ1) is 14.5. The van der Waals surface area contributed by atoms with E-state index in [1.807, 2.05) is 0 Å². The molecule has 7 nitrogen and oxygen atoms in total. The molecule has 4 saturated carbocycles. The van der Waals surface area contributed by atoms with Gasteiger partial charge in [0.05, 0.1) is 24.2 Å². The van der Waals surface area contributed by atoms with E-state index in [9.17, 15) is 14.7 Å². The number of aliphatic hydroxyl groups is 1. The van der Waals surface area contributed by atoms with Gasteiger partial charge in [0.1, 0.15) is 6.10 Å². The molecule has 4 bridgehead atoms. The molecule has 10 atom stereocenters. The topological polar surface area (TPSA) is 94.6 Å². The lowest BCUT2D eigenvalue weighted by molar-refractivity contribution is -0.455. The Morgan fingerprint density at radius 2 is 1.81 bits per heavy atom. The molecule has 0 aromatic heterocycles. The first-order valence-electron chi connectivity index (χ1n) is 11.5. The van der Waals surface area contributed by atoms with Gasteiger partial charge in [0.25, 0.3) is 0 Å². The fraction of sp³-hybridized carbons (Fsp3) is 0.833. The van der Waals surface area contributed by atoms with Crippen LogP contribution in [0.5, 0.6) is 0 Å². The first kappa shape index (κ1) is 20.2. The van der Waals surface area contributed by atoms with Crippen molar-refractivity contribution in [3.8, 4) is 0 Å². The number of hydrogen-bond acceptors (Lipinski definition) is 7. The minimum absolute atomic E-state index is 0.00186. The van der Waals surface area contributed by atoms with E-state index >= 15 is 0 Å². The van der Waals surface area contributed by atoms with Crippen molar-refractivity contribution in [1.82, 2.24) is 0 Å². The zero-order chi connectivity index (χ0) is 22.1. The average molecular weight is 433 g/mol. The lowest BCUT2D eigenvalue weighted by Gasteiger charge is -2.74. The number of hydrogen-bond donors (Lipinski definition) is 1. The van der Waals surface area contributed by atoms with Crippen LogP contribution in [0.4, 0.5) is 0 Å². The smallest absolute Gasteiger partial charge is 0.303 e. The van der Waals surface area contributed by atoms with Crippen LogP contribution in [-0.4, -0.2) is 53.9 Å². The van der Waals surface area contributed by atoms with Crippen LogP contribution in [0.3, 0.4) is 0 Å². The molecule has 0 aromatic carbocycles. The van der Waals surface area contributed by atoms with Crippen LogP contribution in [-0.2, 0) is 28.5 Å². The van der Waals surface area contributed by atoms with E-state index in [1.165, 1.54) is 13.8 Å². The van der Waals surface area contributed by atoms with Crippen LogP contribution in [0.2, 0.25) is 0 Å². The number of esters is 2. The molecule has 3 aliphatic heterocycles. The van der Waals surface area contributed by atoms with Gasteiger partial charge in [-0.05, 0) is 30.3 Å². The van der Waals surface area contributed by atoms with E-state index in [2.05, 4.69) is 20.4 Å². The molecule has 7 heteroatoms. The molecule has 0 unspecified atom stereocenters. The summed E-state index contributed by atoms with van der Waals surface area (Å²) in [4.78, 5) is 24.4. The van der Waals surface area contributed by atoms with Crippen LogP contribution >= 0.6 is 0 Å². The third kappa shape index (κ3) is 2.12. The van der Waals surface area contributed by atoms with Crippen molar-refractivity contribution < 1.29 is 33.6 Å². The van der Waals surface area contributed by atoms with Gasteiger partial charge in [-0.25, -0.2) is 0 Å². The minimum Gasteiger partial charge on any atom is -0.457 e. The van der Waals surface area contributed by atoms with Crippen molar-refractivity contribution in [2.75, 3.05) is 6.61 Å². The summed E-state index contributed by atoms with van der Waals surface area (Å²) in [6.45, 7) is 11.9. The van der Waals surface area contributed by atoms with E-state index in [4.69, 9.17) is 18.9 Å². The highest BCUT2D eigenvalue weighted by atomic mass is 16.7. The highest BCUT2D eigenvalue weighted by molar-refractivity contribution is 5.67. The largest absolute Gasteiger partial charge is 0.457 e. The predicted molar refractivity (Wildman–Crippen MR) is 107 cm³/mol. The fourth-order valence-electron chi connectivity index (χ4n) is 9.06. The highest BCUT2D eigenvalue weighted by Crippen LogP contribution is 2.80. The summed E-state index contributed by atoms with van der Waals surface area (Å²) in [6.07, 6.45) is 2.04. The Hall–Kier alpha value is -1.44. The minimum atomic E-state index is -1.76. The van der Waals surface area contributed by atoms with E-state index in [-0.39, 0.29) is 40.8 Å². The molecule has 31 heavy (non-hydrogen) atoms. The quantitative estimate of drug-likeness (QED) is 0.407. The van der Waals surface area contributed by atoms with Crippen molar-refractivity contribution in [2.45, 2.75) is 83.6 Å². The number of carbonyl (C=O) groups excluding carboxylic acids is 2. The number of carbonyl (C=O) groups is 2. The van der Waals surface area contributed by atoms with Gasteiger partial charge in [0, 0.05) is 37.0 Å². The van der Waals surface area contributed by atoms with Gasteiger partial charge in [-0.1, -0.05) is 26.8 Å². The molecule has 7 fully saturated rings. The average Bonchev–Trinajstić information content (AvgIpc) is 3.41. The summed E-state index contributed by atoms with van der Waals surface area (Å²) in [5.74, 6) is -2.72. The van der Waals surface area contributed by atoms with Crippen LogP contribution in [0.25, 0.3) is 0 Å². The van der Waals surface area contributed by atoms with E-state index in [1.54, 1.807) is 0 Å². The second-order valence-electron chi connectivity index (χ2n) is 11.5. The van der Waals surface area contributed by atoms with Crippen molar-refractivity contribution in [1.29, 1.82) is 0 Å². The molecule has 7 rings (SSSR count). The Balaban J connectivity index is 1.61. The highest BCUT2D eigenvalue weighted by Gasteiger charge is 2.89. The summed E-state index contributed by atoms with van der Waals surface area (Å²) in [7, 11) is 0. The van der Waals surface area contributed by atoms with Gasteiger partial charge in [0.15, 0.2) is 6.10 Å². The summed E-state index contributed by atoms with van der Waals surface area (Å²) < 4.78 is 24.4. The van der Waals surface area contributed by atoms with Crippen LogP contribution < -0.4 is 0 Å². The Labute approximate surface area is 182 Å².